The molecule has 0 aliphatic carbocycles. The van der Waals surface area contributed by atoms with E-state index in [1.165, 1.54) is 0 Å². The standard InChI is InChI=1S/C16H20NO2P/c1-3-19-20(18,15-12-8-5-9-13-15)16(17-2)14-10-6-4-7-11-14/h4-13,16-17H,3H2,1-2H3. The van der Waals surface area contributed by atoms with Crippen molar-refractivity contribution < 1.29 is 9.09 Å². The molecule has 0 heterocycles. The SMILES string of the molecule is CCOP(=O)(c1ccccc1)C(NC)c1ccccc1. The van der Waals surface area contributed by atoms with Crippen molar-refractivity contribution in [1.29, 1.82) is 0 Å². The van der Waals surface area contributed by atoms with E-state index in [0.717, 1.165) is 10.9 Å². The minimum Gasteiger partial charge on any atom is -0.324 e. The second-order valence-electron chi connectivity index (χ2n) is 4.45. The molecule has 0 saturated heterocycles. The molecule has 0 aliphatic rings. The Kier molecular flexibility index (Phi) is 5.13. The zero-order chi connectivity index (χ0) is 14.4. The molecule has 2 atom stereocenters. The van der Waals surface area contributed by atoms with Crippen LogP contribution in [0.3, 0.4) is 0 Å². The van der Waals surface area contributed by atoms with Crippen LogP contribution in [-0.2, 0) is 9.09 Å². The first-order valence-corrected chi connectivity index (χ1v) is 8.44. The monoisotopic (exact) mass is 289 g/mol. The molecule has 20 heavy (non-hydrogen) atoms. The van der Waals surface area contributed by atoms with Crippen molar-refractivity contribution in [3.05, 3.63) is 66.2 Å². The lowest BCUT2D eigenvalue weighted by Gasteiger charge is -2.27. The van der Waals surface area contributed by atoms with E-state index < -0.39 is 7.37 Å². The van der Waals surface area contributed by atoms with Gasteiger partial charge in [-0.25, -0.2) is 0 Å². The van der Waals surface area contributed by atoms with Crippen molar-refractivity contribution in [3.8, 4) is 0 Å². The third kappa shape index (κ3) is 3.01. The maximum atomic E-state index is 13.5. The first-order chi connectivity index (χ1) is 9.72. The smallest absolute Gasteiger partial charge is 0.252 e. The van der Waals surface area contributed by atoms with Gasteiger partial charge in [-0.15, -0.1) is 0 Å². The van der Waals surface area contributed by atoms with Crippen molar-refractivity contribution in [2.45, 2.75) is 12.7 Å². The van der Waals surface area contributed by atoms with Gasteiger partial charge in [0.25, 0.3) is 7.37 Å². The molecule has 2 aromatic rings. The zero-order valence-corrected chi connectivity index (χ0v) is 12.7. The summed E-state index contributed by atoms with van der Waals surface area (Å²) in [5.41, 5.74) is 0.968. The summed E-state index contributed by atoms with van der Waals surface area (Å²) in [5, 5.41) is 3.89. The Bertz CT molecular complexity index is 572. The molecule has 0 aliphatic heterocycles. The van der Waals surface area contributed by atoms with Crippen LogP contribution in [0.5, 0.6) is 0 Å². The van der Waals surface area contributed by atoms with Crippen LogP contribution in [0.15, 0.2) is 60.7 Å². The quantitative estimate of drug-likeness (QED) is 0.827. The summed E-state index contributed by atoms with van der Waals surface area (Å²) in [4.78, 5) is 0. The van der Waals surface area contributed by atoms with Gasteiger partial charge in [0.15, 0.2) is 0 Å². The highest BCUT2D eigenvalue weighted by Gasteiger charge is 2.36. The van der Waals surface area contributed by atoms with E-state index in [9.17, 15) is 4.57 Å². The van der Waals surface area contributed by atoms with Crippen molar-refractivity contribution in [3.63, 3.8) is 0 Å². The van der Waals surface area contributed by atoms with Crippen molar-refractivity contribution in [1.82, 2.24) is 5.32 Å². The minimum atomic E-state index is -3.01. The molecule has 2 unspecified atom stereocenters. The molecule has 0 bridgehead atoms. The second-order valence-corrected chi connectivity index (χ2v) is 6.94. The molecule has 2 aromatic carbocycles. The summed E-state index contributed by atoms with van der Waals surface area (Å²) < 4.78 is 19.2. The fourth-order valence-corrected chi connectivity index (χ4v) is 4.77. The topological polar surface area (TPSA) is 38.3 Å². The van der Waals surface area contributed by atoms with E-state index in [1.807, 2.05) is 74.6 Å². The number of nitrogens with one attached hydrogen (secondary N) is 1. The largest absolute Gasteiger partial charge is 0.324 e. The molecule has 0 saturated carbocycles. The fraction of sp³-hybridized carbons (Fsp3) is 0.250. The van der Waals surface area contributed by atoms with Crippen molar-refractivity contribution >= 4 is 12.7 Å². The first kappa shape index (κ1) is 15.0. The maximum absolute atomic E-state index is 13.5. The number of benzene rings is 2. The molecular formula is C16H20NO2P. The highest BCUT2D eigenvalue weighted by molar-refractivity contribution is 7.67. The molecule has 106 valence electrons. The molecule has 2 rings (SSSR count). The lowest BCUT2D eigenvalue weighted by molar-refractivity contribution is 0.330. The summed E-state index contributed by atoms with van der Waals surface area (Å²) in [7, 11) is -1.20. The molecule has 4 heteroatoms. The Hall–Kier alpha value is -1.41. The van der Waals surface area contributed by atoms with E-state index in [1.54, 1.807) is 0 Å². The first-order valence-electron chi connectivity index (χ1n) is 6.74. The number of hydrogen-bond donors (Lipinski definition) is 1. The van der Waals surface area contributed by atoms with Gasteiger partial charge < -0.3 is 9.84 Å². The maximum Gasteiger partial charge on any atom is 0.252 e. The Morgan fingerprint density at radius 2 is 1.60 bits per heavy atom. The van der Waals surface area contributed by atoms with Gasteiger partial charge in [-0.2, -0.15) is 0 Å². The molecule has 0 radical (unpaired) electrons. The Morgan fingerprint density at radius 1 is 1.05 bits per heavy atom. The molecule has 3 nitrogen and oxygen atoms in total. The summed E-state index contributed by atoms with van der Waals surface area (Å²) in [6.07, 6.45) is 0. The zero-order valence-electron chi connectivity index (χ0n) is 11.8. The molecular weight excluding hydrogens is 269 g/mol. The Balaban J connectivity index is 2.49. The summed E-state index contributed by atoms with van der Waals surface area (Å²) >= 11 is 0. The van der Waals surface area contributed by atoms with E-state index in [4.69, 9.17) is 4.52 Å². The van der Waals surface area contributed by atoms with Gasteiger partial charge in [0, 0.05) is 5.30 Å². The molecule has 0 amide bonds. The van der Waals surface area contributed by atoms with Crippen LogP contribution < -0.4 is 10.6 Å². The highest BCUT2D eigenvalue weighted by atomic mass is 31.2. The van der Waals surface area contributed by atoms with Crippen LogP contribution in [0.1, 0.15) is 18.3 Å². The molecule has 0 fully saturated rings. The van der Waals surface area contributed by atoms with Gasteiger partial charge >= 0.3 is 0 Å². The van der Waals surface area contributed by atoms with Crippen LogP contribution in [0.2, 0.25) is 0 Å². The van der Waals surface area contributed by atoms with E-state index in [2.05, 4.69) is 5.32 Å². The Labute approximate surface area is 120 Å². The lowest BCUT2D eigenvalue weighted by Crippen LogP contribution is -2.23. The van der Waals surface area contributed by atoms with E-state index in [-0.39, 0.29) is 5.78 Å². The third-order valence-electron chi connectivity index (χ3n) is 3.17. The van der Waals surface area contributed by atoms with Gasteiger partial charge in [0.05, 0.1) is 6.61 Å². The summed E-state index contributed by atoms with van der Waals surface area (Å²) in [6.45, 7) is 2.28. The van der Waals surface area contributed by atoms with Crippen molar-refractivity contribution in [2.24, 2.45) is 0 Å². The van der Waals surface area contributed by atoms with Crippen molar-refractivity contribution in [2.75, 3.05) is 13.7 Å². The number of hydrogen-bond acceptors (Lipinski definition) is 3. The summed E-state index contributed by atoms with van der Waals surface area (Å²) in [6, 6.07) is 19.2. The normalized spacial score (nSPS) is 15.5. The lowest BCUT2D eigenvalue weighted by atomic mass is 10.2. The minimum absolute atomic E-state index is 0.342. The molecule has 0 aromatic heterocycles. The third-order valence-corrected chi connectivity index (χ3v) is 6.06. The van der Waals surface area contributed by atoms with Gasteiger partial charge in [-0.3, -0.25) is 4.57 Å². The van der Waals surface area contributed by atoms with Crippen LogP contribution in [0.25, 0.3) is 0 Å². The van der Waals surface area contributed by atoms with Gasteiger partial charge in [-0.1, -0.05) is 48.5 Å². The fourth-order valence-electron chi connectivity index (χ4n) is 2.29. The predicted octanol–water partition coefficient (Wildman–Crippen LogP) is 3.54. The summed E-state index contributed by atoms with van der Waals surface area (Å²) in [5.74, 6) is -0.342. The molecule has 0 spiro atoms. The second kappa shape index (κ2) is 6.85. The van der Waals surface area contributed by atoms with Gasteiger partial charge in [0.2, 0.25) is 0 Å². The van der Waals surface area contributed by atoms with Crippen LogP contribution in [0.4, 0.5) is 0 Å². The van der Waals surface area contributed by atoms with E-state index in [0.29, 0.717) is 6.61 Å². The highest BCUT2D eigenvalue weighted by Crippen LogP contribution is 2.57. The predicted molar refractivity (Wildman–Crippen MR) is 83.6 cm³/mol. The Morgan fingerprint density at radius 3 is 2.10 bits per heavy atom. The number of rotatable bonds is 6. The van der Waals surface area contributed by atoms with Crippen LogP contribution in [0, 0.1) is 0 Å². The van der Waals surface area contributed by atoms with Crippen LogP contribution in [-0.4, -0.2) is 13.7 Å². The van der Waals surface area contributed by atoms with E-state index >= 15 is 0 Å². The average molecular weight is 289 g/mol. The average Bonchev–Trinajstić information content (AvgIpc) is 2.50. The molecule has 1 N–H and O–H groups in total. The van der Waals surface area contributed by atoms with Gasteiger partial charge in [-0.05, 0) is 31.7 Å². The van der Waals surface area contributed by atoms with Crippen LogP contribution >= 0.6 is 7.37 Å². The van der Waals surface area contributed by atoms with Gasteiger partial charge in [0.1, 0.15) is 5.78 Å².